The first-order chi connectivity index (χ1) is 15.7. The zero-order chi connectivity index (χ0) is 23.6. The molecule has 4 rings (SSSR count). The fourth-order valence-electron chi connectivity index (χ4n) is 3.91. The first kappa shape index (κ1) is 23.6. The lowest BCUT2D eigenvalue weighted by atomic mass is 10.0. The Morgan fingerprint density at radius 3 is 2.67 bits per heavy atom. The van der Waals surface area contributed by atoms with Crippen molar-refractivity contribution in [2.45, 2.75) is 51.8 Å². The van der Waals surface area contributed by atoms with Gasteiger partial charge in [-0.25, -0.2) is 14.8 Å². The largest absolute Gasteiger partial charge is 0.444 e. The van der Waals surface area contributed by atoms with E-state index in [2.05, 4.69) is 30.5 Å². The van der Waals surface area contributed by atoms with Gasteiger partial charge in [-0.2, -0.15) is 0 Å². The summed E-state index contributed by atoms with van der Waals surface area (Å²) >= 11 is 12.2. The van der Waals surface area contributed by atoms with E-state index in [9.17, 15) is 4.79 Å². The number of hydrogen-bond donors (Lipinski definition) is 3. The standard InChI is InChI=1S/C23H28Cl2N6O2/c1-23(2,3)33-22(32)30-15-6-8-31(9-7-15)12-14-11-26-20-19(14)21(28-13-27-20)29-16-4-5-17(24)18(25)10-16/h4-5,10-11,13,15H,6-9,12H2,1-3H3,(H,30,32)(H2,26,27,28,29). The number of nitrogens with zero attached hydrogens (tertiary/aromatic N) is 3. The van der Waals surface area contributed by atoms with Crippen LogP contribution in [0.3, 0.4) is 0 Å². The van der Waals surface area contributed by atoms with Crippen LogP contribution in [0.4, 0.5) is 16.3 Å². The van der Waals surface area contributed by atoms with Gasteiger partial charge < -0.3 is 20.4 Å². The molecule has 0 atom stereocenters. The topological polar surface area (TPSA) is 95.2 Å². The summed E-state index contributed by atoms with van der Waals surface area (Å²) in [6.07, 6.45) is 4.88. The average Bonchev–Trinajstić information content (AvgIpc) is 3.15. The summed E-state index contributed by atoms with van der Waals surface area (Å²) in [7, 11) is 0. The molecule has 1 aromatic carbocycles. The summed E-state index contributed by atoms with van der Waals surface area (Å²) in [5, 5.41) is 8.24. The van der Waals surface area contributed by atoms with Gasteiger partial charge in [0, 0.05) is 37.6 Å². The van der Waals surface area contributed by atoms with Gasteiger partial charge >= 0.3 is 6.09 Å². The molecule has 1 aliphatic rings. The van der Waals surface area contributed by atoms with E-state index in [0.29, 0.717) is 15.9 Å². The second-order valence-corrected chi connectivity index (χ2v) is 10.0. The molecule has 3 heterocycles. The minimum Gasteiger partial charge on any atom is -0.444 e. The molecule has 0 aliphatic carbocycles. The Balaban J connectivity index is 1.41. The predicted octanol–water partition coefficient (Wildman–Crippen LogP) is 5.50. The zero-order valence-electron chi connectivity index (χ0n) is 18.9. The van der Waals surface area contributed by atoms with Crippen molar-refractivity contribution in [3.8, 4) is 0 Å². The Morgan fingerprint density at radius 1 is 1.21 bits per heavy atom. The van der Waals surface area contributed by atoms with Crippen LogP contribution in [0.25, 0.3) is 11.0 Å². The SMILES string of the molecule is CC(C)(C)OC(=O)NC1CCN(Cc2c[nH]c3ncnc(Nc4ccc(Cl)c(Cl)c4)c23)CC1. The minimum atomic E-state index is -0.495. The number of H-pyrrole nitrogens is 1. The molecule has 0 unspecified atom stereocenters. The Hall–Kier alpha value is -2.55. The number of rotatable bonds is 5. The first-order valence-electron chi connectivity index (χ1n) is 10.9. The number of fused-ring (bicyclic) bond motifs is 1. The Kier molecular flexibility index (Phi) is 6.97. The van der Waals surface area contributed by atoms with Crippen molar-refractivity contribution >= 4 is 51.8 Å². The molecule has 10 heteroatoms. The van der Waals surface area contributed by atoms with Gasteiger partial charge in [0.2, 0.25) is 0 Å². The Bertz CT molecular complexity index is 1140. The molecular formula is C23H28Cl2N6O2. The third kappa shape index (κ3) is 6.07. The molecule has 0 bridgehead atoms. The molecule has 0 spiro atoms. The van der Waals surface area contributed by atoms with Gasteiger partial charge in [0.15, 0.2) is 0 Å². The number of ether oxygens (including phenoxy) is 1. The third-order valence-electron chi connectivity index (χ3n) is 5.44. The number of carbonyl (C=O) groups excluding carboxylic acids is 1. The maximum Gasteiger partial charge on any atom is 0.407 e. The quantitative estimate of drug-likeness (QED) is 0.437. The van der Waals surface area contributed by atoms with Crippen molar-refractivity contribution in [1.29, 1.82) is 0 Å². The molecule has 0 radical (unpaired) electrons. The summed E-state index contributed by atoms with van der Waals surface area (Å²) in [6.45, 7) is 8.09. The van der Waals surface area contributed by atoms with Crippen molar-refractivity contribution in [1.82, 2.24) is 25.2 Å². The van der Waals surface area contributed by atoms with Crippen molar-refractivity contribution in [2.24, 2.45) is 0 Å². The average molecular weight is 491 g/mol. The van der Waals surface area contributed by atoms with Crippen LogP contribution < -0.4 is 10.6 Å². The van der Waals surface area contributed by atoms with Crippen LogP contribution >= 0.6 is 23.2 Å². The number of hydrogen-bond acceptors (Lipinski definition) is 6. The first-order valence-corrected chi connectivity index (χ1v) is 11.7. The number of aromatic amines is 1. The fourth-order valence-corrected chi connectivity index (χ4v) is 4.21. The lowest BCUT2D eigenvalue weighted by Crippen LogP contribution is -2.45. The minimum absolute atomic E-state index is 0.120. The lowest BCUT2D eigenvalue weighted by molar-refractivity contribution is 0.0477. The molecule has 3 N–H and O–H groups in total. The molecule has 0 saturated carbocycles. The van der Waals surface area contributed by atoms with E-state index in [1.54, 1.807) is 12.1 Å². The zero-order valence-corrected chi connectivity index (χ0v) is 20.4. The number of likely N-dealkylation sites (tertiary alicyclic amines) is 1. The van der Waals surface area contributed by atoms with E-state index in [1.165, 1.54) is 6.33 Å². The maximum atomic E-state index is 12.1. The molecule has 2 aromatic heterocycles. The van der Waals surface area contributed by atoms with Gasteiger partial charge in [-0.05, 0) is 57.4 Å². The van der Waals surface area contributed by atoms with Gasteiger partial charge in [-0.3, -0.25) is 4.90 Å². The number of halogens is 2. The highest BCUT2D eigenvalue weighted by Crippen LogP contribution is 2.30. The van der Waals surface area contributed by atoms with E-state index in [-0.39, 0.29) is 12.1 Å². The molecular weight excluding hydrogens is 463 g/mol. The second kappa shape index (κ2) is 9.75. The van der Waals surface area contributed by atoms with Crippen LogP contribution in [-0.4, -0.2) is 50.7 Å². The molecule has 1 saturated heterocycles. The van der Waals surface area contributed by atoms with Crippen molar-refractivity contribution in [2.75, 3.05) is 18.4 Å². The predicted molar refractivity (Wildman–Crippen MR) is 131 cm³/mol. The number of piperidine rings is 1. The normalized spacial score (nSPS) is 15.5. The van der Waals surface area contributed by atoms with Crippen LogP contribution in [0, 0.1) is 0 Å². The third-order valence-corrected chi connectivity index (χ3v) is 6.18. The van der Waals surface area contributed by atoms with Gasteiger partial charge in [0.25, 0.3) is 0 Å². The van der Waals surface area contributed by atoms with E-state index in [1.807, 2.05) is 33.0 Å². The summed E-state index contributed by atoms with van der Waals surface area (Å²) in [6, 6.07) is 5.50. The number of amides is 1. The van der Waals surface area contributed by atoms with E-state index < -0.39 is 5.60 Å². The van der Waals surface area contributed by atoms with E-state index in [0.717, 1.165) is 54.8 Å². The fraction of sp³-hybridized carbons (Fsp3) is 0.435. The van der Waals surface area contributed by atoms with Gasteiger partial charge in [-0.1, -0.05) is 23.2 Å². The van der Waals surface area contributed by atoms with E-state index in [4.69, 9.17) is 27.9 Å². The number of benzene rings is 1. The van der Waals surface area contributed by atoms with Gasteiger partial charge in [0.05, 0.1) is 15.4 Å². The highest BCUT2D eigenvalue weighted by molar-refractivity contribution is 6.42. The number of aromatic nitrogens is 3. The summed E-state index contributed by atoms with van der Waals surface area (Å²) in [4.78, 5) is 26.5. The maximum absolute atomic E-state index is 12.1. The van der Waals surface area contributed by atoms with Crippen LogP contribution in [0.1, 0.15) is 39.2 Å². The molecule has 1 aliphatic heterocycles. The van der Waals surface area contributed by atoms with Crippen LogP contribution in [0.15, 0.2) is 30.7 Å². The highest BCUT2D eigenvalue weighted by atomic mass is 35.5. The molecule has 8 nitrogen and oxygen atoms in total. The van der Waals surface area contributed by atoms with Crippen LogP contribution in [0.5, 0.6) is 0 Å². The number of carbonyl (C=O) groups is 1. The van der Waals surface area contributed by atoms with Crippen molar-refractivity contribution in [3.05, 3.63) is 46.3 Å². The number of nitrogens with one attached hydrogen (secondary N) is 3. The number of alkyl carbamates (subject to hydrolysis) is 1. The Labute approximate surface area is 203 Å². The highest BCUT2D eigenvalue weighted by Gasteiger charge is 2.24. The summed E-state index contributed by atoms with van der Waals surface area (Å²) in [5.74, 6) is 0.705. The second-order valence-electron chi connectivity index (χ2n) is 9.21. The monoisotopic (exact) mass is 490 g/mol. The van der Waals surface area contributed by atoms with Crippen LogP contribution in [0.2, 0.25) is 10.0 Å². The van der Waals surface area contributed by atoms with Crippen molar-refractivity contribution < 1.29 is 9.53 Å². The molecule has 1 amide bonds. The summed E-state index contributed by atoms with van der Waals surface area (Å²) in [5.41, 5.74) is 2.17. The van der Waals surface area contributed by atoms with Crippen molar-refractivity contribution in [3.63, 3.8) is 0 Å². The smallest absolute Gasteiger partial charge is 0.407 e. The molecule has 176 valence electrons. The molecule has 3 aromatic rings. The van der Waals surface area contributed by atoms with Gasteiger partial charge in [-0.15, -0.1) is 0 Å². The molecule has 1 fully saturated rings. The lowest BCUT2D eigenvalue weighted by Gasteiger charge is -2.32. The molecule has 33 heavy (non-hydrogen) atoms. The van der Waals surface area contributed by atoms with Gasteiger partial charge in [0.1, 0.15) is 23.4 Å². The van der Waals surface area contributed by atoms with Crippen LogP contribution in [-0.2, 0) is 11.3 Å². The Morgan fingerprint density at radius 2 is 1.97 bits per heavy atom. The summed E-state index contributed by atoms with van der Waals surface area (Å²) < 4.78 is 5.37. The van der Waals surface area contributed by atoms with E-state index >= 15 is 0 Å². The number of anilines is 2.